The average Bonchev–Trinajstić information content (AvgIpc) is 2.00. The smallest absolute Gasteiger partial charge is 0.196 e. The molecule has 0 aromatic carbocycles. The second-order valence-electron chi connectivity index (χ2n) is 6.03. The zero-order chi connectivity index (χ0) is 12.7. The molecule has 0 rings (SSSR count). The number of hydrogen-bond donors (Lipinski definition) is 0. The molecule has 0 aromatic rings. The topological polar surface area (TPSA) is 0 Å². The average molecular weight is 240 g/mol. The van der Waals surface area contributed by atoms with E-state index in [9.17, 15) is 8.78 Å². The molecule has 94 valence electrons. The van der Waals surface area contributed by atoms with Gasteiger partial charge in [-0.3, -0.25) is 0 Å². The normalized spacial score (nSPS) is 18.1. The molecule has 3 heteroatoms. The summed E-state index contributed by atoms with van der Waals surface area (Å²) in [7, 11) is -1.95. The Balaban J connectivity index is 5.19. The summed E-state index contributed by atoms with van der Waals surface area (Å²) in [5.41, 5.74) is 0. The van der Waals surface area contributed by atoms with Crippen molar-refractivity contribution >= 4 is 10.0 Å². The molecule has 0 heterocycles. The molecular formula is C12H26F2S. The van der Waals surface area contributed by atoms with Crippen molar-refractivity contribution in [3.63, 3.8) is 0 Å². The largest absolute Gasteiger partial charge is 0.281 e. The van der Waals surface area contributed by atoms with Crippen molar-refractivity contribution in [1.82, 2.24) is 0 Å². The molecule has 0 aliphatic carbocycles. The van der Waals surface area contributed by atoms with Crippen molar-refractivity contribution in [2.75, 3.05) is 12.5 Å². The summed E-state index contributed by atoms with van der Waals surface area (Å²) < 4.78 is 28.4. The monoisotopic (exact) mass is 240 g/mol. The van der Waals surface area contributed by atoms with Crippen LogP contribution in [0.5, 0.6) is 0 Å². The fourth-order valence-corrected chi connectivity index (χ4v) is 3.28. The van der Waals surface area contributed by atoms with Crippen LogP contribution in [0.1, 0.15) is 41.5 Å². The van der Waals surface area contributed by atoms with Crippen LogP contribution in [-0.2, 0) is 0 Å². The highest BCUT2D eigenvalue weighted by atomic mass is 32.3. The standard InChI is InChI=1S/C12H26F2S/c1-9(2)10(3)12(13,14)15(7,8)11(4,5)6/h9-10H,1-8H3. The summed E-state index contributed by atoms with van der Waals surface area (Å²) in [6, 6.07) is 0. The molecule has 15 heavy (non-hydrogen) atoms. The van der Waals surface area contributed by atoms with Gasteiger partial charge in [-0.15, -0.1) is 0 Å². The van der Waals surface area contributed by atoms with Crippen LogP contribution in [0.4, 0.5) is 8.78 Å². The van der Waals surface area contributed by atoms with Crippen LogP contribution in [0.25, 0.3) is 0 Å². The molecule has 0 fully saturated rings. The van der Waals surface area contributed by atoms with Gasteiger partial charge in [0, 0.05) is 5.92 Å². The molecule has 0 aliphatic heterocycles. The summed E-state index contributed by atoms with van der Waals surface area (Å²) >= 11 is 0. The van der Waals surface area contributed by atoms with Crippen molar-refractivity contribution in [2.24, 2.45) is 11.8 Å². The molecule has 1 atom stereocenters. The van der Waals surface area contributed by atoms with Crippen LogP contribution in [0.2, 0.25) is 0 Å². The van der Waals surface area contributed by atoms with Gasteiger partial charge in [0.15, 0.2) is 0 Å². The Bertz CT molecular complexity index is 214. The summed E-state index contributed by atoms with van der Waals surface area (Å²) in [5, 5.41) is -2.56. The third-order valence-corrected chi connectivity index (χ3v) is 8.54. The van der Waals surface area contributed by atoms with Gasteiger partial charge in [0.1, 0.15) is 0 Å². The van der Waals surface area contributed by atoms with Crippen LogP contribution in [0, 0.1) is 11.8 Å². The van der Waals surface area contributed by atoms with Gasteiger partial charge in [0.25, 0.3) is 5.25 Å². The summed E-state index contributed by atoms with van der Waals surface area (Å²) in [5.74, 6) is -0.532. The van der Waals surface area contributed by atoms with Gasteiger partial charge in [-0.2, -0.15) is 18.8 Å². The Morgan fingerprint density at radius 1 is 0.933 bits per heavy atom. The number of hydrogen-bond acceptors (Lipinski definition) is 0. The quantitative estimate of drug-likeness (QED) is 0.669. The molecule has 0 amide bonds. The summed E-state index contributed by atoms with van der Waals surface area (Å²) in [6.45, 7) is 11.2. The Hall–Kier alpha value is 0.210. The summed E-state index contributed by atoms with van der Waals surface area (Å²) in [4.78, 5) is 0. The van der Waals surface area contributed by atoms with E-state index in [-0.39, 0.29) is 10.7 Å². The molecule has 1 unspecified atom stereocenters. The lowest BCUT2D eigenvalue weighted by Gasteiger charge is -2.52. The first-order valence-corrected chi connectivity index (χ1v) is 7.91. The minimum Gasteiger partial charge on any atom is -0.196 e. The Morgan fingerprint density at radius 2 is 1.27 bits per heavy atom. The third kappa shape index (κ3) is 2.66. The van der Waals surface area contributed by atoms with E-state index in [1.54, 1.807) is 19.4 Å². The van der Waals surface area contributed by atoms with E-state index in [2.05, 4.69) is 0 Å². The highest BCUT2D eigenvalue weighted by Gasteiger charge is 2.53. The van der Waals surface area contributed by atoms with Crippen molar-refractivity contribution in [1.29, 1.82) is 0 Å². The zero-order valence-corrected chi connectivity index (χ0v) is 12.1. The van der Waals surface area contributed by atoms with Gasteiger partial charge in [-0.05, 0) is 23.2 Å². The van der Waals surface area contributed by atoms with E-state index in [0.717, 1.165) is 0 Å². The van der Waals surface area contributed by atoms with E-state index < -0.39 is 21.2 Å². The first-order valence-electron chi connectivity index (χ1n) is 5.46. The number of alkyl halides is 2. The fraction of sp³-hybridized carbons (Fsp3) is 1.00. The van der Waals surface area contributed by atoms with E-state index in [1.165, 1.54) is 0 Å². The van der Waals surface area contributed by atoms with Crippen molar-refractivity contribution in [2.45, 2.75) is 51.5 Å². The lowest BCUT2D eigenvalue weighted by molar-refractivity contribution is 0.0187. The second kappa shape index (κ2) is 4.23. The molecule has 0 aromatic heterocycles. The van der Waals surface area contributed by atoms with Gasteiger partial charge >= 0.3 is 0 Å². The first-order chi connectivity index (χ1) is 6.35. The van der Waals surface area contributed by atoms with Gasteiger partial charge in [-0.1, -0.05) is 41.5 Å². The highest BCUT2D eigenvalue weighted by molar-refractivity contribution is 8.34. The van der Waals surface area contributed by atoms with Crippen molar-refractivity contribution in [3.8, 4) is 0 Å². The first kappa shape index (κ1) is 15.2. The Morgan fingerprint density at radius 3 is 1.47 bits per heavy atom. The second-order valence-corrected chi connectivity index (χ2v) is 10.5. The van der Waals surface area contributed by atoms with E-state index in [1.807, 2.05) is 34.6 Å². The van der Waals surface area contributed by atoms with Gasteiger partial charge in [0.2, 0.25) is 0 Å². The third-order valence-electron chi connectivity index (χ3n) is 3.74. The Kier molecular flexibility index (Phi) is 4.29. The minimum absolute atomic E-state index is 0.0223. The van der Waals surface area contributed by atoms with E-state index in [4.69, 9.17) is 0 Å². The number of halogens is 2. The molecule has 0 radical (unpaired) electrons. The van der Waals surface area contributed by atoms with Crippen LogP contribution in [0.15, 0.2) is 0 Å². The molecule has 0 saturated heterocycles. The van der Waals surface area contributed by atoms with Crippen LogP contribution < -0.4 is 0 Å². The van der Waals surface area contributed by atoms with Crippen LogP contribution in [-0.4, -0.2) is 22.5 Å². The molecule has 0 nitrogen and oxygen atoms in total. The van der Waals surface area contributed by atoms with E-state index in [0.29, 0.717) is 0 Å². The predicted molar refractivity (Wildman–Crippen MR) is 68.1 cm³/mol. The molecule has 0 N–H and O–H groups in total. The molecular weight excluding hydrogens is 214 g/mol. The van der Waals surface area contributed by atoms with Crippen molar-refractivity contribution < 1.29 is 8.78 Å². The minimum atomic E-state index is -2.56. The maximum absolute atomic E-state index is 14.4. The fourth-order valence-electron chi connectivity index (χ4n) is 1.26. The predicted octanol–water partition coefficient (Wildman–Crippen LogP) is 4.73. The lowest BCUT2D eigenvalue weighted by atomic mass is 9.99. The molecule has 0 spiro atoms. The number of rotatable bonds is 3. The van der Waals surface area contributed by atoms with Gasteiger partial charge < -0.3 is 0 Å². The molecule has 0 aliphatic rings. The molecule has 0 saturated carbocycles. The van der Waals surface area contributed by atoms with E-state index >= 15 is 0 Å². The van der Waals surface area contributed by atoms with Gasteiger partial charge in [0.05, 0.1) is 0 Å². The molecule has 0 bridgehead atoms. The maximum Gasteiger partial charge on any atom is 0.281 e. The van der Waals surface area contributed by atoms with Crippen molar-refractivity contribution in [3.05, 3.63) is 0 Å². The lowest BCUT2D eigenvalue weighted by Crippen LogP contribution is -2.42. The van der Waals surface area contributed by atoms with Crippen LogP contribution >= 0.6 is 10.0 Å². The van der Waals surface area contributed by atoms with Crippen LogP contribution in [0.3, 0.4) is 0 Å². The van der Waals surface area contributed by atoms with Gasteiger partial charge in [-0.25, -0.2) is 0 Å². The highest BCUT2D eigenvalue weighted by Crippen LogP contribution is 2.67. The maximum atomic E-state index is 14.4. The summed E-state index contributed by atoms with van der Waals surface area (Å²) in [6.07, 6.45) is 3.51. The SMILES string of the molecule is CC(C)C(C)C(F)(F)S(C)(C)C(C)(C)C. The Labute approximate surface area is 95.1 Å². The zero-order valence-electron chi connectivity index (χ0n) is 11.3.